The van der Waals surface area contributed by atoms with Crippen LogP contribution < -0.4 is 10.2 Å². The first-order chi connectivity index (χ1) is 12.5. The summed E-state index contributed by atoms with van der Waals surface area (Å²) in [7, 11) is 0. The van der Waals surface area contributed by atoms with E-state index in [0.29, 0.717) is 5.82 Å². The third-order valence-corrected chi connectivity index (χ3v) is 4.40. The predicted molar refractivity (Wildman–Crippen MR) is 93.4 cm³/mol. The molecule has 26 heavy (non-hydrogen) atoms. The van der Waals surface area contributed by atoms with Gasteiger partial charge in [-0.1, -0.05) is 18.2 Å². The fraction of sp³-hybridized carbons (Fsp3) is 0.158. The number of rotatable bonds is 3. The molecule has 4 nitrogen and oxygen atoms in total. The number of aromatic nitrogens is 2. The number of benzene rings is 2. The molecule has 1 N–H and O–H groups in total. The second kappa shape index (κ2) is 6.33. The number of hydrogen-bond acceptors (Lipinski definition) is 4. The molecule has 1 atom stereocenters. The van der Waals surface area contributed by atoms with Crippen molar-refractivity contribution >= 4 is 23.0 Å². The van der Waals surface area contributed by atoms with Crippen LogP contribution in [0.25, 0.3) is 0 Å². The van der Waals surface area contributed by atoms with Crippen LogP contribution in [0.2, 0.25) is 0 Å². The summed E-state index contributed by atoms with van der Waals surface area (Å²) in [5.41, 5.74) is 2.09. The van der Waals surface area contributed by atoms with Crippen molar-refractivity contribution in [3.8, 4) is 0 Å². The van der Waals surface area contributed by atoms with Gasteiger partial charge in [-0.25, -0.2) is 23.1 Å². The van der Waals surface area contributed by atoms with Crippen LogP contribution in [0.3, 0.4) is 0 Å². The summed E-state index contributed by atoms with van der Waals surface area (Å²) in [5.74, 6) is -3.12. The highest BCUT2D eigenvalue weighted by atomic mass is 19.2. The highest BCUT2D eigenvalue weighted by molar-refractivity contribution is 5.71. The molecule has 3 aromatic rings. The molecule has 1 unspecified atom stereocenters. The Hall–Kier alpha value is -3.09. The average molecular weight is 356 g/mol. The minimum absolute atomic E-state index is 0.191. The maximum Gasteiger partial charge on any atom is 0.196 e. The molecule has 0 saturated heterocycles. The van der Waals surface area contributed by atoms with Gasteiger partial charge in [0.1, 0.15) is 18.0 Å². The monoisotopic (exact) mass is 356 g/mol. The molecule has 0 bridgehead atoms. The van der Waals surface area contributed by atoms with Crippen molar-refractivity contribution in [2.75, 3.05) is 10.2 Å². The Morgan fingerprint density at radius 2 is 1.85 bits per heavy atom. The van der Waals surface area contributed by atoms with Crippen LogP contribution in [0.4, 0.5) is 36.2 Å². The molecule has 132 valence electrons. The molecule has 4 rings (SSSR count). The van der Waals surface area contributed by atoms with E-state index in [1.807, 2.05) is 18.2 Å². The second-order valence-corrected chi connectivity index (χ2v) is 6.16. The van der Waals surface area contributed by atoms with Crippen molar-refractivity contribution in [2.24, 2.45) is 0 Å². The standard InChI is InChI=1S/C19H15F3N4/c1-11-8-12-4-2-3-5-15(12)26(11)17-9-16(23-10-24-17)25-14-7-6-13(20)18(21)19(14)22/h2-7,9-11H,8H2,1H3,(H,23,24,25). The summed E-state index contributed by atoms with van der Waals surface area (Å²) in [6.07, 6.45) is 2.24. The SMILES string of the molecule is CC1Cc2ccccc2N1c1cc(Nc2ccc(F)c(F)c2F)ncn1. The lowest BCUT2D eigenvalue weighted by Crippen LogP contribution is -2.24. The fourth-order valence-corrected chi connectivity index (χ4v) is 3.22. The van der Waals surface area contributed by atoms with Crippen LogP contribution in [0.5, 0.6) is 0 Å². The Bertz CT molecular complexity index is 977. The predicted octanol–water partition coefficient (Wildman–Crippen LogP) is 4.72. The number of nitrogens with zero attached hydrogens (tertiary/aromatic N) is 3. The van der Waals surface area contributed by atoms with Crippen LogP contribution in [0.1, 0.15) is 12.5 Å². The normalized spacial score (nSPS) is 15.8. The minimum atomic E-state index is -1.52. The number of anilines is 4. The van der Waals surface area contributed by atoms with Gasteiger partial charge in [0, 0.05) is 17.8 Å². The third-order valence-electron chi connectivity index (χ3n) is 4.40. The second-order valence-electron chi connectivity index (χ2n) is 6.16. The molecular formula is C19H15F3N4. The van der Waals surface area contributed by atoms with E-state index in [-0.39, 0.29) is 17.5 Å². The maximum absolute atomic E-state index is 13.9. The molecule has 1 aliphatic rings. The first-order valence-corrected chi connectivity index (χ1v) is 8.14. The van der Waals surface area contributed by atoms with E-state index in [4.69, 9.17) is 0 Å². The molecule has 0 amide bonds. The van der Waals surface area contributed by atoms with Gasteiger partial charge in [0.15, 0.2) is 17.5 Å². The molecule has 1 aromatic heterocycles. The summed E-state index contributed by atoms with van der Waals surface area (Å²) in [6, 6.07) is 11.9. The summed E-state index contributed by atoms with van der Waals surface area (Å²) >= 11 is 0. The largest absolute Gasteiger partial charge is 0.338 e. The Morgan fingerprint density at radius 3 is 2.69 bits per heavy atom. The van der Waals surface area contributed by atoms with Crippen LogP contribution in [-0.4, -0.2) is 16.0 Å². The zero-order valence-electron chi connectivity index (χ0n) is 13.9. The zero-order valence-corrected chi connectivity index (χ0v) is 13.9. The molecule has 0 radical (unpaired) electrons. The maximum atomic E-state index is 13.9. The van der Waals surface area contributed by atoms with E-state index in [9.17, 15) is 13.2 Å². The van der Waals surface area contributed by atoms with Gasteiger partial charge in [-0.05, 0) is 37.1 Å². The Labute approximate surface area is 148 Å². The molecule has 7 heteroatoms. The lowest BCUT2D eigenvalue weighted by molar-refractivity contribution is 0.449. The molecule has 0 saturated carbocycles. The van der Waals surface area contributed by atoms with Crippen molar-refractivity contribution in [1.82, 2.24) is 9.97 Å². The Balaban J connectivity index is 1.67. The summed E-state index contributed by atoms with van der Waals surface area (Å²) in [5, 5.41) is 2.68. The topological polar surface area (TPSA) is 41.0 Å². The van der Waals surface area contributed by atoms with Gasteiger partial charge in [0.25, 0.3) is 0 Å². The number of hydrogen-bond donors (Lipinski definition) is 1. The first-order valence-electron chi connectivity index (χ1n) is 8.14. The van der Waals surface area contributed by atoms with E-state index in [1.165, 1.54) is 11.9 Å². The van der Waals surface area contributed by atoms with Gasteiger partial charge >= 0.3 is 0 Å². The number of para-hydroxylation sites is 1. The van der Waals surface area contributed by atoms with E-state index in [0.717, 1.165) is 24.2 Å². The molecule has 0 fully saturated rings. The minimum Gasteiger partial charge on any atom is -0.338 e. The van der Waals surface area contributed by atoms with Gasteiger partial charge in [0.05, 0.1) is 5.69 Å². The lowest BCUT2D eigenvalue weighted by atomic mass is 10.1. The molecule has 0 aliphatic carbocycles. The van der Waals surface area contributed by atoms with Crippen molar-refractivity contribution in [3.63, 3.8) is 0 Å². The van der Waals surface area contributed by atoms with Crippen LogP contribution in [0.15, 0.2) is 48.8 Å². The van der Waals surface area contributed by atoms with Crippen molar-refractivity contribution in [1.29, 1.82) is 0 Å². The number of fused-ring (bicyclic) bond motifs is 1. The highest BCUT2D eigenvalue weighted by Crippen LogP contribution is 2.37. The Kier molecular flexibility index (Phi) is 3.99. The molecule has 2 heterocycles. The molecule has 2 aromatic carbocycles. The lowest BCUT2D eigenvalue weighted by Gasteiger charge is -2.24. The summed E-state index contributed by atoms with van der Waals surface area (Å²) in [6.45, 7) is 2.09. The average Bonchev–Trinajstić information content (AvgIpc) is 2.98. The highest BCUT2D eigenvalue weighted by Gasteiger charge is 2.28. The Morgan fingerprint density at radius 1 is 1.04 bits per heavy atom. The summed E-state index contributed by atoms with van der Waals surface area (Å²) in [4.78, 5) is 10.4. The first kappa shape index (κ1) is 16.4. The van der Waals surface area contributed by atoms with Gasteiger partial charge < -0.3 is 10.2 Å². The molecule has 1 aliphatic heterocycles. The van der Waals surface area contributed by atoms with E-state index in [2.05, 4.69) is 33.2 Å². The van der Waals surface area contributed by atoms with Crippen molar-refractivity contribution in [3.05, 3.63) is 71.8 Å². The van der Waals surface area contributed by atoms with Gasteiger partial charge in [-0.15, -0.1) is 0 Å². The van der Waals surface area contributed by atoms with E-state index >= 15 is 0 Å². The molecule has 0 spiro atoms. The quantitative estimate of drug-likeness (QED) is 0.690. The van der Waals surface area contributed by atoms with Crippen LogP contribution >= 0.6 is 0 Å². The van der Waals surface area contributed by atoms with Crippen molar-refractivity contribution in [2.45, 2.75) is 19.4 Å². The van der Waals surface area contributed by atoms with E-state index in [1.54, 1.807) is 6.07 Å². The van der Waals surface area contributed by atoms with Crippen LogP contribution in [-0.2, 0) is 6.42 Å². The van der Waals surface area contributed by atoms with Gasteiger partial charge in [-0.2, -0.15) is 0 Å². The van der Waals surface area contributed by atoms with E-state index < -0.39 is 17.5 Å². The zero-order chi connectivity index (χ0) is 18.3. The van der Waals surface area contributed by atoms with Gasteiger partial charge in [-0.3, -0.25) is 0 Å². The number of halogens is 3. The summed E-state index contributed by atoms with van der Waals surface area (Å²) < 4.78 is 40.4. The fourth-order valence-electron chi connectivity index (χ4n) is 3.22. The van der Waals surface area contributed by atoms with Crippen LogP contribution in [0, 0.1) is 17.5 Å². The third kappa shape index (κ3) is 2.75. The van der Waals surface area contributed by atoms with Gasteiger partial charge in [0.2, 0.25) is 0 Å². The smallest absolute Gasteiger partial charge is 0.196 e. The molecular weight excluding hydrogens is 341 g/mol. The number of nitrogens with one attached hydrogen (secondary N) is 1. The van der Waals surface area contributed by atoms with Crippen molar-refractivity contribution < 1.29 is 13.2 Å².